The third-order valence-corrected chi connectivity index (χ3v) is 2.72. The minimum Gasteiger partial charge on any atom is -0.373 e. The highest BCUT2D eigenvalue weighted by Crippen LogP contribution is 2.23. The number of rotatable bonds is 0. The molecule has 1 aromatic rings. The number of nitrogens with one attached hydrogen (secondary N) is 1. The lowest BCUT2D eigenvalue weighted by Crippen LogP contribution is -2.24. The first-order valence-electron chi connectivity index (χ1n) is 4.79. The number of hydrogen-bond acceptors (Lipinski definition) is 2. The molecule has 2 heteroatoms. The molecule has 0 saturated heterocycles. The molecular formula is C11H16N2. The predicted molar refractivity (Wildman–Crippen MR) is 56.2 cm³/mol. The molecule has 13 heavy (non-hydrogen) atoms. The highest BCUT2D eigenvalue weighted by Gasteiger charge is 2.12. The zero-order valence-electron chi connectivity index (χ0n) is 8.30. The van der Waals surface area contributed by atoms with E-state index in [0.29, 0.717) is 0 Å². The van der Waals surface area contributed by atoms with Crippen molar-refractivity contribution >= 4 is 5.69 Å². The van der Waals surface area contributed by atoms with E-state index in [-0.39, 0.29) is 0 Å². The van der Waals surface area contributed by atoms with E-state index in [1.807, 2.05) is 0 Å². The highest BCUT2D eigenvalue weighted by atomic mass is 15.1. The van der Waals surface area contributed by atoms with E-state index in [4.69, 9.17) is 0 Å². The summed E-state index contributed by atoms with van der Waals surface area (Å²) in [6.45, 7) is 5.35. The van der Waals surface area contributed by atoms with Gasteiger partial charge in [0, 0.05) is 32.4 Å². The van der Waals surface area contributed by atoms with Crippen molar-refractivity contribution in [3.05, 3.63) is 29.3 Å². The lowest BCUT2D eigenvalue weighted by molar-refractivity contribution is 0.705. The third-order valence-electron chi connectivity index (χ3n) is 2.72. The smallest absolute Gasteiger partial charge is 0.0412 e. The first kappa shape index (κ1) is 8.57. The SMILES string of the molecule is Cc1cccc2c1CNCCN2C. The van der Waals surface area contributed by atoms with Crippen LogP contribution < -0.4 is 10.2 Å². The zero-order valence-corrected chi connectivity index (χ0v) is 8.30. The summed E-state index contributed by atoms with van der Waals surface area (Å²) in [5.74, 6) is 0. The van der Waals surface area contributed by atoms with Gasteiger partial charge in [0.25, 0.3) is 0 Å². The summed E-state index contributed by atoms with van der Waals surface area (Å²) < 4.78 is 0. The molecule has 1 heterocycles. The van der Waals surface area contributed by atoms with Crippen LogP contribution in [0.2, 0.25) is 0 Å². The van der Waals surface area contributed by atoms with Crippen molar-refractivity contribution in [3.8, 4) is 0 Å². The highest BCUT2D eigenvalue weighted by molar-refractivity contribution is 5.56. The van der Waals surface area contributed by atoms with Crippen LogP contribution in [0, 0.1) is 6.92 Å². The average Bonchev–Trinajstić information content (AvgIpc) is 2.30. The molecule has 1 aromatic carbocycles. The number of fused-ring (bicyclic) bond motifs is 1. The Hall–Kier alpha value is -1.02. The molecule has 0 spiro atoms. The second kappa shape index (κ2) is 3.38. The van der Waals surface area contributed by atoms with E-state index in [1.54, 1.807) is 0 Å². The van der Waals surface area contributed by atoms with Crippen molar-refractivity contribution in [2.45, 2.75) is 13.5 Å². The first-order valence-corrected chi connectivity index (χ1v) is 4.79. The predicted octanol–water partition coefficient (Wildman–Crippen LogP) is 1.53. The van der Waals surface area contributed by atoms with Gasteiger partial charge in [0.05, 0.1) is 0 Å². The number of hydrogen-bond donors (Lipinski definition) is 1. The summed E-state index contributed by atoms with van der Waals surface area (Å²) in [5.41, 5.74) is 4.21. The van der Waals surface area contributed by atoms with Crippen LogP contribution in [0.25, 0.3) is 0 Å². The summed E-state index contributed by atoms with van der Waals surface area (Å²) >= 11 is 0. The minimum atomic E-state index is 1.01. The Kier molecular flexibility index (Phi) is 2.23. The first-order chi connectivity index (χ1) is 6.29. The van der Waals surface area contributed by atoms with E-state index in [2.05, 4.69) is 42.4 Å². The van der Waals surface area contributed by atoms with Gasteiger partial charge in [0.15, 0.2) is 0 Å². The number of benzene rings is 1. The largest absolute Gasteiger partial charge is 0.373 e. The molecular weight excluding hydrogens is 160 g/mol. The molecule has 70 valence electrons. The Morgan fingerprint density at radius 2 is 2.23 bits per heavy atom. The van der Waals surface area contributed by atoms with Crippen LogP contribution in [0.15, 0.2) is 18.2 Å². The number of likely N-dealkylation sites (N-methyl/N-ethyl adjacent to an activating group) is 1. The zero-order chi connectivity index (χ0) is 9.26. The number of nitrogens with zero attached hydrogens (tertiary/aromatic N) is 1. The molecule has 0 saturated carbocycles. The van der Waals surface area contributed by atoms with Gasteiger partial charge >= 0.3 is 0 Å². The molecule has 0 aromatic heterocycles. The summed E-state index contributed by atoms with van der Waals surface area (Å²) in [6, 6.07) is 6.52. The van der Waals surface area contributed by atoms with Gasteiger partial charge in [-0.2, -0.15) is 0 Å². The standard InChI is InChI=1S/C11H16N2/c1-9-4-3-5-11-10(9)8-12-6-7-13(11)2/h3-5,12H,6-8H2,1-2H3. The van der Waals surface area contributed by atoms with Crippen LogP contribution in [0.1, 0.15) is 11.1 Å². The number of anilines is 1. The molecule has 0 aliphatic carbocycles. The summed E-state index contributed by atoms with van der Waals surface area (Å²) in [5, 5.41) is 3.43. The van der Waals surface area contributed by atoms with Crippen molar-refractivity contribution in [1.29, 1.82) is 0 Å². The van der Waals surface area contributed by atoms with Gasteiger partial charge in [-0.15, -0.1) is 0 Å². The van der Waals surface area contributed by atoms with Crippen LogP contribution >= 0.6 is 0 Å². The monoisotopic (exact) mass is 176 g/mol. The van der Waals surface area contributed by atoms with Crippen LogP contribution in [0.4, 0.5) is 5.69 Å². The van der Waals surface area contributed by atoms with Crippen molar-refractivity contribution in [3.63, 3.8) is 0 Å². The van der Waals surface area contributed by atoms with Gasteiger partial charge in [-0.1, -0.05) is 12.1 Å². The normalized spacial score (nSPS) is 16.6. The summed E-state index contributed by atoms with van der Waals surface area (Å²) in [4.78, 5) is 2.32. The molecule has 0 atom stereocenters. The Bertz CT molecular complexity index is 307. The molecule has 0 unspecified atom stereocenters. The van der Waals surface area contributed by atoms with Gasteiger partial charge in [0.2, 0.25) is 0 Å². The van der Waals surface area contributed by atoms with E-state index in [0.717, 1.165) is 19.6 Å². The fourth-order valence-corrected chi connectivity index (χ4v) is 1.86. The molecule has 0 bridgehead atoms. The molecule has 2 nitrogen and oxygen atoms in total. The quantitative estimate of drug-likeness (QED) is 0.645. The number of aryl methyl sites for hydroxylation is 1. The average molecular weight is 176 g/mol. The maximum absolute atomic E-state index is 3.43. The van der Waals surface area contributed by atoms with Crippen LogP contribution in [-0.2, 0) is 6.54 Å². The van der Waals surface area contributed by atoms with Crippen LogP contribution in [-0.4, -0.2) is 20.1 Å². The maximum Gasteiger partial charge on any atom is 0.0412 e. The van der Waals surface area contributed by atoms with Crippen molar-refractivity contribution < 1.29 is 0 Å². The second-order valence-corrected chi connectivity index (χ2v) is 3.67. The van der Waals surface area contributed by atoms with Crippen molar-refractivity contribution in [2.75, 3.05) is 25.0 Å². The molecule has 2 rings (SSSR count). The van der Waals surface area contributed by atoms with Gasteiger partial charge in [-0.05, 0) is 24.1 Å². The van der Waals surface area contributed by atoms with Gasteiger partial charge in [0.1, 0.15) is 0 Å². The Balaban J connectivity index is 2.47. The third kappa shape index (κ3) is 1.54. The Morgan fingerprint density at radius 1 is 1.38 bits per heavy atom. The van der Waals surface area contributed by atoms with Gasteiger partial charge < -0.3 is 10.2 Å². The molecule has 0 amide bonds. The van der Waals surface area contributed by atoms with E-state index in [9.17, 15) is 0 Å². The molecule has 1 N–H and O–H groups in total. The van der Waals surface area contributed by atoms with Gasteiger partial charge in [-0.25, -0.2) is 0 Å². The van der Waals surface area contributed by atoms with Crippen LogP contribution in [0.3, 0.4) is 0 Å². The lowest BCUT2D eigenvalue weighted by atomic mass is 10.1. The minimum absolute atomic E-state index is 1.01. The Morgan fingerprint density at radius 3 is 3.08 bits per heavy atom. The topological polar surface area (TPSA) is 15.3 Å². The van der Waals surface area contributed by atoms with E-state index in [1.165, 1.54) is 16.8 Å². The molecule has 1 aliphatic rings. The molecule has 0 fully saturated rings. The molecule has 0 radical (unpaired) electrons. The van der Waals surface area contributed by atoms with Crippen molar-refractivity contribution in [2.24, 2.45) is 0 Å². The van der Waals surface area contributed by atoms with E-state index < -0.39 is 0 Å². The van der Waals surface area contributed by atoms with Gasteiger partial charge in [-0.3, -0.25) is 0 Å². The summed E-state index contributed by atoms with van der Waals surface area (Å²) in [6.07, 6.45) is 0. The fourth-order valence-electron chi connectivity index (χ4n) is 1.86. The fraction of sp³-hybridized carbons (Fsp3) is 0.455. The Labute approximate surface area is 79.6 Å². The molecule has 1 aliphatic heterocycles. The maximum atomic E-state index is 3.43. The van der Waals surface area contributed by atoms with Crippen LogP contribution in [0.5, 0.6) is 0 Å². The second-order valence-electron chi connectivity index (χ2n) is 3.67. The summed E-state index contributed by atoms with van der Waals surface area (Å²) in [7, 11) is 2.16. The van der Waals surface area contributed by atoms with Crippen molar-refractivity contribution in [1.82, 2.24) is 5.32 Å². The lowest BCUT2D eigenvalue weighted by Gasteiger charge is -2.19. The van der Waals surface area contributed by atoms with E-state index >= 15 is 0 Å².